The van der Waals surface area contributed by atoms with Crippen molar-refractivity contribution in [2.45, 2.75) is 19.8 Å². The molecule has 1 unspecified atom stereocenters. The summed E-state index contributed by atoms with van der Waals surface area (Å²) in [6.07, 6.45) is 1.45. The van der Waals surface area contributed by atoms with E-state index in [1.807, 2.05) is 25.1 Å². The number of hydrogen-bond acceptors (Lipinski definition) is 2. The number of aliphatic carboxylic acids is 1. The van der Waals surface area contributed by atoms with Gasteiger partial charge in [0.1, 0.15) is 12.4 Å². The molecular formula is C12H14O3. The Balaban J connectivity index is 2.25. The molecule has 0 fully saturated rings. The largest absolute Gasteiger partial charge is 0.492 e. The second kappa shape index (κ2) is 3.93. The minimum Gasteiger partial charge on any atom is -0.492 e. The van der Waals surface area contributed by atoms with Gasteiger partial charge in [0, 0.05) is 0 Å². The van der Waals surface area contributed by atoms with Gasteiger partial charge in [0.05, 0.1) is 5.92 Å². The highest BCUT2D eigenvalue weighted by molar-refractivity contribution is 5.70. The molecule has 1 aromatic rings. The molecular weight excluding hydrogens is 192 g/mol. The smallest absolute Gasteiger partial charge is 0.309 e. The summed E-state index contributed by atoms with van der Waals surface area (Å²) < 4.78 is 5.52. The molecule has 1 aliphatic heterocycles. The molecule has 0 radical (unpaired) electrons. The molecule has 0 aromatic heterocycles. The van der Waals surface area contributed by atoms with Crippen molar-refractivity contribution in [2.75, 3.05) is 6.61 Å². The number of carboxylic acids is 1. The molecule has 0 amide bonds. The van der Waals surface area contributed by atoms with E-state index >= 15 is 0 Å². The summed E-state index contributed by atoms with van der Waals surface area (Å²) >= 11 is 0. The van der Waals surface area contributed by atoms with E-state index in [1.54, 1.807) is 0 Å². The number of aryl methyl sites for hydroxylation is 1. The third kappa shape index (κ3) is 1.96. The molecule has 3 nitrogen and oxygen atoms in total. The normalized spacial score (nSPS) is 19.9. The van der Waals surface area contributed by atoms with Crippen LogP contribution in [0.5, 0.6) is 5.75 Å². The lowest BCUT2D eigenvalue weighted by atomic mass is 9.98. The van der Waals surface area contributed by atoms with E-state index in [0.717, 1.165) is 17.7 Å². The van der Waals surface area contributed by atoms with Gasteiger partial charge in [-0.05, 0) is 37.0 Å². The Morgan fingerprint density at radius 1 is 1.53 bits per heavy atom. The third-order valence-corrected chi connectivity index (χ3v) is 2.90. The SMILES string of the molecule is Cc1cccc2c1CCC(C(=O)O)CO2. The van der Waals surface area contributed by atoms with Gasteiger partial charge in [-0.25, -0.2) is 0 Å². The number of ether oxygens (including phenoxy) is 1. The number of fused-ring (bicyclic) bond motifs is 1. The highest BCUT2D eigenvalue weighted by atomic mass is 16.5. The van der Waals surface area contributed by atoms with Gasteiger partial charge in [-0.3, -0.25) is 4.79 Å². The standard InChI is InChI=1S/C12H14O3/c1-8-3-2-4-11-10(8)6-5-9(7-15-11)12(13)14/h2-4,9H,5-7H2,1H3,(H,13,14). The van der Waals surface area contributed by atoms with Crippen LogP contribution in [0.1, 0.15) is 17.5 Å². The van der Waals surface area contributed by atoms with Crippen molar-refractivity contribution in [3.8, 4) is 5.75 Å². The first kappa shape index (κ1) is 10.0. The number of carbonyl (C=O) groups is 1. The molecule has 1 N–H and O–H groups in total. The van der Waals surface area contributed by atoms with Crippen LogP contribution in [0.4, 0.5) is 0 Å². The summed E-state index contributed by atoms with van der Waals surface area (Å²) in [7, 11) is 0. The molecule has 80 valence electrons. The minimum atomic E-state index is -0.763. The monoisotopic (exact) mass is 206 g/mol. The summed E-state index contributed by atoms with van der Waals surface area (Å²) in [6, 6.07) is 5.88. The number of carboxylic acid groups (broad SMARTS) is 1. The Morgan fingerprint density at radius 3 is 3.07 bits per heavy atom. The Labute approximate surface area is 88.7 Å². The summed E-state index contributed by atoms with van der Waals surface area (Å²) in [4.78, 5) is 10.9. The van der Waals surface area contributed by atoms with E-state index in [-0.39, 0.29) is 12.5 Å². The molecule has 0 aliphatic carbocycles. The molecule has 15 heavy (non-hydrogen) atoms. The van der Waals surface area contributed by atoms with Crippen LogP contribution in [0.2, 0.25) is 0 Å². The van der Waals surface area contributed by atoms with Crippen LogP contribution >= 0.6 is 0 Å². The molecule has 1 aliphatic rings. The Hall–Kier alpha value is -1.51. The number of rotatable bonds is 1. The van der Waals surface area contributed by atoms with Crippen molar-refractivity contribution < 1.29 is 14.6 Å². The molecule has 0 spiro atoms. The molecule has 3 heteroatoms. The zero-order chi connectivity index (χ0) is 10.8. The average Bonchev–Trinajstić information content (AvgIpc) is 2.41. The predicted octanol–water partition coefficient (Wildman–Crippen LogP) is 2.02. The lowest BCUT2D eigenvalue weighted by Gasteiger charge is -2.09. The van der Waals surface area contributed by atoms with E-state index in [2.05, 4.69) is 0 Å². The van der Waals surface area contributed by atoms with Crippen LogP contribution in [0.15, 0.2) is 18.2 Å². The summed E-state index contributed by atoms with van der Waals surface area (Å²) in [5.74, 6) is -0.295. The Morgan fingerprint density at radius 2 is 2.33 bits per heavy atom. The van der Waals surface area contributed by atoms with Crippen LogP contribution in [-0.4, -0.2) is 17.7 Å². The maximum Gasteiger partial charge on any atom is 0.309 e. The maximum atomic E-state index is 10.9. The first-order valence-electron chi connectivity index (χ1n) is 5.12. The second-order valence-electron chi connectivity index (χ2n) is 3.94. The Bertz CT molecular complexity index is 384. The van der Waals surface area contributed by atoms with Crippen molar-refractivity contribution >= 4 is 5.97 Å². The van der Waals surface area contributed by atoms with Crippen LogP contribution in [-0.2, 0) is 11.2 Å². The van der Waals surface area contributed by atoms with E-state index in [4.69, 9.17) is 9.84 Å². The van der Waals surface area contributed by atoms with Crippen molar-refractivity contribution in [3.05, 3.63) is 29.3 Å². The molecule has 1 heterocycles. The number of benzene rings is 1. The third-order valence-electron chi connectivity index (χ3n) is 2.90. The molecule has 0 bridgehead atoms. The Kier molecular flexibility index (Phi) is 2.62. The van der Waals surface area contributed by atoms with E-state index in [0.29, 0.717) is 6.42 Å². The van der Waals surface area contributed by atoms with Crippen LogP contribution < -0.4 is 4.74 Å². The van der Waals surface area contributed by atoms with Gasteiger partial charge in [-0.1, -0.05) is 12.1 Å². The highest BCUT2D eigenvalue weighted by Gasteiger charge is 2.23. The summed E-state index contributed by atoms with van der Waals surface area (Å²) in [5, 5.41) is 8.93. The molecule has 0 saturated heterocycles. The minimum absolute atomic E-state index is 0.284. The quantitative estimate of drug-likeness (QED) is 0.764. The van der Waals surface area contributed by atoms with Crippen molar-refractivity contribution in [1.29, 1.82) is 0 Å². The molecule has 1 aromatic carbocycles. The molecule has 1 atom stereocenters. The lowest BCUT2D eigenvalue weighted by Crippen LogP contribution is -2.20. The maximum absolute atomic E-state index is 10.9. The zero-order valence-electron chi connectivity index (χ0n) is 8.69. The van der Waals surface area contributed by atoms with Crippen LogP contribution in [0.3, 0.4) is 0 Å². The van der Waals surface area contributed by atoms with Crippen molar-refractivity contribution in [3.63, 3.8) is 0 Å². The van der Waals surface area contributed by atoms with E-state index in [9.17, 15) is 4.79 Å². The van der Waals surface area contributed by atoms with Gasteiger partial charge in [-0.2, -0.15) is 0 Å². The first-order valence-corrected chi connectivity index (χ1v) is 5.12. The van der Waals surface area contributed by atoms with Gasteiger partial charge in [0.25, 0.3) is 0 Å². The van der Waals surface area contributed by atoms with Crippen molar-refractivity contribution in [2.24, 2.45) is 5.92 Å². The highest BCUT2D eigenvalue weighted by Crippen LogP contribution is 2.28. The molecule has 0 saturated carbocycles. The van der Waals surface area contributed by atoms with Gasteiger partial charge in [0.15, 0.2) is 0 Å². The predicted molar refractivity (Wildman–Crippen MR) is 56.1 cm³/mol. The van der Waals surface area contributed by atoms with Gasteiger partial charge >= 0.3 is 5.97 Å². The molecule has 2 rings (SSSR count). The van der Waals surface area contributed by atoms with Gasteiger partial charge in [0.2, 0.25) is 0 Å². The van der Waals surface area contributed by atoms with Crippen molar-refractivity contribution in [1.82, 2.24) is 0 Å². The average molecular weight is 206 g/mol. The van der Waals surface area contributed by atoms with Gasteiger partial charge < -0.3 is 9.84 Å². The fourth-order valence-electron chi connectivity index (χ4n) is 1.92. The second-order valence-corrected chi connectivity index (χ2v) is 3.94. The van der Waals surface area contributed by atoms with Crippen LogP contribution in [0, 0.1) is 12.8 Å². The lowest BCUT2D eigenvalue weighted by molar-refractivity contribution is -0.142. The van der Waals surface area contributed by atoms with E-state index < -0.39 is 5.97 Å². The fraction of sp³-hybridized carbons (Fsp3) is 0.417. The van der Waals surface area contributed by atoms with Gasteiger partial charge in [-0.15, -0.1) is 0 Å². The first-order chi connectivity index (χ1) is 7.18. The zero-order valence-corrected chi connectivity index (χ0v) is 8.69. The summed E-state index contributed by atoms with van der Waals surface area (Å²) in [5.41, 5.74) is 2.33. The topological polar surface area (TPSA) is 46.5 Å². The number of hydrogen-bond donors (Lipinski definition) is 1. The fourth-order valence-corrected chi connectivity index (χ4v) is 1.92. The van der Waals surface area contributed by atoms with E-state index in [1.165, 1.54) is 5.56 Å². The summed E-state index contributed by atoms with van der Waals surface area (Å²) in [6.45, 7) is 2.31. The van der Waals surface area contributed by atoms with Crippen LogP contribution in [0.25, 0.3) is 0 Å².